The first-order valence-electron chi connectivity index (χ1n) is 8.16. The zero-order valence-corrected chi connectivity index (χ0v) is 15.3. The maximum absolute atomic E-state index is 3.95. The van der Waals surface area contributed by atoms with Crippen LogP contribution in [-0.4, -0.2) is 27.6 Å². The van der Waals surface area contributed by atoms with Crippen molar-refractivity contribution in [1.29, 1.82) is 0 Å². The molecule has 0 aliphatic heterocycles. The van der Waals surface area contributed by atoms with E-state index >= 15 is 0 Å². The van der Waals surface area contributed by atoms with Crippen LogP contribution in [0, 0.1) is 5.92 Å². The Hall–Kier alpha value is 0.0969. The molecule has 3 nitrogen and oxygen atoms in total. The largest absolute Gasteiger partial charge is 0.313 e. The highest BCUT2D eigenvalue weighted by Crippen LogP contribution is 2.29. The second-order valence-corrected chi connectivity index (χ2v) is 9.01. The number of nitrogens with one attached hydrogen (secondary N) is 3. The van der Waals surface area contributed by atoms with Crippen molar-refractivity contribution in [3.63, 3.8) is 0 Å². The van der Waals surface area contributed by atoms with E-state index in [2.05, 4.69) is 57.2 Å². The number of rotatable bonds is 8. The van der Waals surface area contributed by atoms with E-state index in [-0.39, 0.29) is 15.5 Å². The summed E-state index contributed by atoms with van der Waals surface area (Å²) in [6, 6.07) is 0.970. The molecule has 1 fully saturated rings. The van der Waals surface area contributed by atoms with Gasteiger partial charge >= 0.3 is 0 Å². The molecule has 19 heavy (non-hydrogen) atoms. The van der Waals surface area contributed by atoms with Gasteiger partial charge in [-0.15, -0.1) is 0 Å². The highest BCUT2D eigenvalue weighted by Gasteiger charge is 2.34. The molecule has 0 spiro atoms. The molecule has 114 valence electrons. The van der Waals surface area contributed by atoms with Gasteiger partial charge in [0.05, 0.1) is 9.68 Å². The lowest BCUT2D eigenvalue weighted by molar-refractivity contribution is 0.137. The molecule has 1 aliphatic carbocycles. The van der Waals surface area contributed by atoms with E-state index in [1.807, 2.05) is 0 Å². The molecule has 0 radical (unpaired) electrons. The van der Waals surface area contributed by atoms with Crippen LogP contribution in [-0.2, 0) is 0 Å². The fourth-order valence-corrected chi connectivity index (χ4v) is 5.32. The van der Waals surface area contributed by atoms with Gasteiger partial charge < -0.3 is 4.98 Å². The number of hydrogen-bond acceptors (Lipinski definition) is 3. The Morgan fingerprint density at radius 3 is 1.74 bits per heavy atom. The van der Waals surface area contributed by atoms with E-state index in [0.717, 1.165) is 5.54 Å². The summed E-state index contributed by atoms with van der Waals surface area (Å²) >= 11 is 0. The average Bonchev–Trinajstić information content (AvgIpc) is 2.76. The second kappa shape index (κ2) is 7.77. The molecule has 1 aliphatic rings. The maximum atomic E-state index is 3.95. The van der Waals surface area contributed by atoms with Gasteiger partial charge in [0.1, 0.15) is 5.79 Å². The van der Waals surface area contributed by atoms with Gasteiger partial charge in [0.2, 0.25) is 0 Å². The first-order valence-corrected chi connectivity index (χ1v) is 9.68. The van der Waals surface area contributed by atoms with Gasteiger partial charge in [0, 0.05) is 12.1 Å². The zero-order valence-electron chi connectivity index (χ0n) is 13.8. The normalized spacial score (nSPS) is 18.8. The molecule has 3 N–H and O–H groups in total. The van der Waals surface area contributed by atoms with E-state index < -0.39 is 0 Å². The van der Waals surface area contributed by atoms with E-state index in [4.69, 9.17) is 0 Å². The van der Waals surface area contributed by atoms with Gasteiger partial charge in [0.15, 0.2) is 0 Å². The fraction of sp³-hybridized carbons (Fsp3) is 1.00. The van der Waals surface area contributed by atoms with Crippen LogP contribution in [0.3, 0.4) is 0 Å². The van der Waals surface area contributed by atoms with E-state index in [1.165, 1.54) is 25.7 Å². The molecule has 0 unspecified atom stereocenters. The molecule has 1 rings (SSSR count). The van der Waals surface area contributed by atoms with Crippen molar-refractivity contribution in [2.24, 2.45) is 5.92 Å². The fourth-order valence-electron chi connectivity index (χ4n) is 3.11. The van der Waals surface area contributed by atoms with Crippen LogP contribution in [0.25, 0.3) is 0 Å². The van der Waals surface area contributed by atoms with Crippen LogP contribution < -0.4 is 15.6 Å². The van der Waals surface area contributed by atoms with Gasteiger partial charge in [-0.1, -0.05) is 39.5 Å². The minimum atomic E-state index is -0.220. The van der Waals surface area contributed by atoms with E-state index in [1.54, 1.807) is 0 Å². The second-order valence-electron chi connectivity index (χ2n) is 7.09. The van der Waals surface area contributed by atoms with Gasteiger partial charge in [0.25, 0.3) is 0 Å². The summed E-state index contributed by atoms with van der Waals surface area (Å²) in [6.45, 7) is 13.5. The smallest absolute Gasteiger partial charge is 0.119 e. The molecular weight excluding hydrogens is 250 g/mol. The summed E-state index contributed by atoms with van der Waals surface area (Å²) in [6.07, 6.45) is 5.81. The summed E-state index contributed by atoms with van der Waals surface area (Å²) in [7, 11) is -0.220. The lowest BCUT2D eigenvalue weighted by atomic mass is 10.0. The minimum Gasteiger partial charge on any atom is -0.313 e. The SMILES string of the molecule is CC(C)NC(N[SiH2]C1CCCC1)(NC(C)C)C(C)C. The molecule has 0 aromatic heterocycles. The molecule has 0 atom stereocenters. The van der Waals surface area contributed by atoms with Crippen molar-refractivity contribution in [3.8, 4) is 0 Å². The third-order valence-electron chi connectivity index (χ3n) is 4.04. The Bertz CT molecular complexity index is 238. The minimum absolute atomic E-state index is 0.0862. The van der Waals surface area contributed by atoms with Crippen molar-refractivity contribution < 1.29 is 0 Å². The predicted octanol–water partition coefficient (Wildman–Crippen LogP) is 2.33. The zero-order chi connectivity index (χ0) is 14.5. The Balaban J connectivity index is 2.68. The highest BCUT2D eigenvalue weighted by molar-refractivity contribution is 6.34. The van der Waals surface area contributed by atoms with Gasteiger partial charge in [-0.2, -0.15) is 0 Å². The molecule has 0 amide bonds. The van der Waals surface area contributed by atoms with Gasteiger partial charge in [-0.3, -0.25) is 10.6 Å². The van der Waals surface area contributed by atoms with Crippen LogP contribution >= 0.6 is 0 Å². The summed E-state index contributed by atoms with van der Waals surface area (Å²) in [5.41, 5.74) is 1.00. The van der Waals surface area contributed by atoms with Crippen molar-refractivity contribution >= 4 is 9.68 Å². The Morgan fingerprint density at radius 2 is 1.37 bits per heavy atom. The standard InChI is InChI=1S/C15H35N3Si/c1-11(2)15(16-12(3)4,17-13(5)6)18-19-14-9-7-8-10-14/h11-14,16-18H,7-10,19H2,1-6H3. The van der Waals surface area contributed by atoms with Crippen molar-refractivity contribution in [3.05, 3.63) is 0 Å². The highest BCUT2D eigenvalue weighted by atomic mass is 28.2. The third-order valence-corrected chi connectivity index (χ3v) is 6.20. The summed E-state index contributed by atoms with van der Waals surface area (Å²) < 4.78 is 0. The molecule has 0 aromatic rings. The molecule has 0 bridgehead atoms. The third kappa shape index (κ3) is 5.54. The molecule has 1 saturated carbocycles. The van der Waals surface area contributed by atoms with Crippen LogP contribution in [0.2, 0.25) is 5.54 Å². The average molecular weight is 286 g/mol. The molecular formula is C15H35N3Si. The molecule has 0 saturated heterocycles. The molecule has 0 aromatic carbocycles. The predicted molar refractivity (Wildman–Crippen MR) is 88.0 cm³/mol. The maximum Gasteiger partial charge on any atom is 0.119 e. The van der Waals surface area contributed by atoms with Crippen LogP contribution in [0.1, 0.15) is 67.2 Å². The quantitative estimate of drug-likeness (QED) is 0.473. The Labute approximate surface area is 122 Å². The van der Waals surface area contributed by atoms with Crippen molar-refractivity contribution in [1.82, 2.24) is 15.6 Å². The first kappa shape index (κ1) is 17.1. The summed E-state index contributed by atoms with van der Waals surface area (Å²) in [5, 5.41) is 7.52. The molecule has 4 heteroatoms. The van der Waals surface area contributed by atoms with Crippen molar-refractivity contribution in [2.45, 2.75) is 90.6 Å². The van der Waals surface area contributed by atoms with Crippen LogP contribution in [0.4, 0.5) is 0 Å². The topological polar surface area (TPSA) is 36.1 Å². The molecule has 0 heterocycles. The summed E-state index contributed by atoms with van der Waals surface area (Å²) in [5.74, 6) is 0.447. The Kier molecular flexibility index (Phi) is 7.01. The van der Waals surface area contributed by atoms with E-state index in [9.17, 15) is 0 Å². The van der Waals surface area contributed by atoms with Gasteiger partial charge in [-0.05, 0) is 39.2 Å². The van der Waals surface area contributed by atoms with Crippen LogP contribution in [0.5, 0.6) is 0 Å². The number of hydrogen-bond donors (Lipinski definition) is 3. The van der Waals surface area contributed by atoms with Crippen LogP contribution in [0.15, 0.2) is 0 Å². The summed E-state index contributed by atoms with van der Waals surface area (Å²) in [4.78, 5) is 3.95. The Morgan fingerprint density at radius 1 is 0.895 bits per heavy atom. The van der Waals surface area contributed by atoms with E-state index in [0.29, 0.717) is 18.0 Å². The lowest BCUT2D eigenvalue weighted by Crippen LogP contribution is -2.73. The van der Waals surface area contributed by atoms with Crippen molar-refractivity contribution in [2.75, 3.05) is 0 Å². The first-order chi connectivity index (χ1) is 8.85. The lowest BCUT2D eigenvalue weighted by Gasteiger charge is -2.44. The van der Waals surface area contributed by atoms with Gasteiger partial charge in [-0.25, -0.2) is 0 Å². The monoisotopic (exact) mass is 285 g/mol.